The number of hydrogen-bond donors (Lipinski definition) is 2. The topological polar surface area (TPSA) is 75.7 Å². The maximum atomic E-state index is 5.34. The van der Waals surface area contributed by atoms with Gasteiger partial charge in [0.2, 0.25) is 0 Å². The normalized spacial score (nSPS) is 17.4. The first-order valence-corrected chi connectivity index (χ1v) is 5.89. The molecular formula is C11H15N5O. The highest BCUT2D eigenvalue weighted by molar-refractivity contribution is 5.81. The molecule has 0 saturated carbocycles. The van der Waals surface area contributed by atoms with Gasteiger partial charge in [-0.3, -0.25) is 0 Å². The van der Waals surface area contributed by atoms with Crippen LogP contribution in [0.3, 0.4) is 0 Å². The van der Waals surface area contributed by atoms with Gasteiger partial charge in [-0.05, 0) is 18.8 Å². The number of rotatable bonds is 3. The molecule has 2 aromatic rings. The third-order valence-electron chi connectivity index (χ3n) is 3.12. The van der Waals surface area contributed by atoms with Gasteiger partial charge in [-0.25, -0.2) is 15.0 Å². The van der Waals surface area contributed by atoms with Crippen molar-refractivity contribution < 1.29 is 4.74 Å². The van der Waals surface area contributed by atoms with Crippen molar-refractivity contribution in [2.24, 2.45) is 5.92 Å². The van der Waals surface area contributed by atoms with Crippen LogP contribution in [0.1, 0.15) is 12.8 Å². The fraction of sp³-hybridized carbons (Fsp3) is 0.545. The van der Waals surface area contributed by atoms with E-state index in [1.165, 1.54) is 6.33 Å². The zero-order chi connectivity index (χ0) is 11.5. The summed E-state index contributed by atoms with van der Waals surface area (Å²) in [6.07, 6.45) is 5.41. The second kappa shape index (κ2) is 4.67. The molecule has 1 saturated heterocycles. The van der Waals surface area contributed by atoms with Gasteiger partial charge in [0.15, 0.2) is 11.5 Å². The first kappa shape index (κ1) is 10.5. The number of aromatic amines is 1. The van der Waals surface area contributed by atoms with Gasteiger partial charge in [0.25, 0.3) is 0 Å². The highest BCUT2D eigenvalue weighted by atomic mass is 16.5. The number of H-pyrrole nitrogens is 1. The third-order valence-corrected chi connectivity index (χ3v) is 3.12. The van der Waals surface area contributed by atoms with Crippen LogP contribution in [0.15, 0.2) is 12.7 Å². The lowest BCUT2D eigenvalue weighted by Gasteiger charge is -2.22. The Kier molecular flexibility index (Phi) is 2.87. The first-order valence-electron chi connectivity index (χ1n) is 5.89. The fourth-order valence-corrected chi connectivity index (χ4v) is 2.09. The van der Waals surface area contributed by atoms with Gasteiger partial charge in [0.05, 0.1) is 6.33 Å². The lowest BCUT2D eigenvalue weighted by Crippen LogP contribution is -2.23. The Morgan fingerprint density at radius 3 is 3.06 bits per heavy atom. The quantitative estimate of drug-likeness (QED) is 0.832. The average Bonchev–Trinajstić information content (AvgIpc) is 2.86. The maximum Gasteiger partial charge on any atom is 0.182 e. The van der Waals surface area contributed by atoms with E-state index in [0.29, 0.717) is 11.6 Å². The third kappa shape index (κ3) is 2.21. The fourth-order valence-electron chi connectivity index (χ4n) is 2.09. The van der Waals surface area contributed by atoms with E-state index in [1.54, 1.807) is 6.33 Å². The molecule has 0 spiro atoms. The van der Waals surface area contributed by atoms with Crippen LogP contribution in [0.4, 0.5) is 5.82 Å². The van der Waals surface area contributed by atoms with Gasteiger partial charge < -0.3 is 15.0 Å². The highest BCUT2D eigenvalue weighted by Crippen LogP contribution is 2.18. The number of nitrogens with one attached hydrogen (secondary N) is 2. The van der Waals surface area contributed by atoms with Gasteiger partial charge in [0.1, 0.15) is 11.8 Å². The van der Waals surface area contributed by atoms with Crippen LogP contribution in [0.2, 0.25) is 0 Å². The minimum atomic E-state index is 0.664. The maximum absolute atomic E-state index is 5.34. The van der Waals surface area contributed by atoms with Crippen LogP contribution in [0, 0.1) is 5.92 Å². The lowest BCUT2D eigenvalue weighted by atomic mass is 10.0. The SMILES string of the molecule is c1nc(NCC2CCOCC2)c2[nH]cnc2n1. The minimum Gasteiger partial charge on any atom is -0.381 e. The second-order valence-electron chi connectivity index (χ2n) is 4.26. The number of imidazole rings is 1. The Morgan fingerprint density at radius 1 is 1.29 bits per heavy atom. The summed E-state index contributed by atoms with van der Waals surface area (Å²) in [7, 11) is 0. The molecule has 0 aliphatic carbocycles. The van der Waals surface area contributed by atoms with Gasteiger partial charge in [-0.2, -0.15) is 0 Å². The molecule has 0 aromatic carbocycles. The minimum absolute atomic E-state index is 0.664. The standard InChI is InChI=1S/C11H15N5O/c1-3-17-4-2-8(1)5-12-10-9-11(14-6-13-9)16-7-15-10/h6-8H,1-5H2,(H2,12,13,14,15,16). The summed E-state index contributed by atoms with van der Waals surface area (Å²) in [4.78, 5) is 15.5. The summed E-state index contributed by atoms with van der Waals surface area (Å²) in [5, 5.41) is 3.37. The molecule has 0 amide bonds. The molecule has 17 heavy (non-hydrogen) atoms. The summed E-state index contributed by atoms with van der Waals surface area (Å²) in [5.41, 5.74) is 1.58. The van der Waals surface area contributed by atoms with E-state index in [9.17, 15) is 0 Å². The van der Waals surface area contributed by atoms with E-state index < -0.39 is 0 Å². The van der Waals surface area contributed by atoms with Gasteiger partial charge >= 0.3 is 0 Å². The molecule has 0 bridgehead atoms. The van der Waals surface area contributed by atoms with E-state index in [1.807, 2.05) is 0 Å². The summed E-state index contributed by atoms with van der Waals surface area (Å²) in [6.45, 7) is 2.67. The molecule has 0 radical (unpaired) electrons. The molecule has 6 nitrogen and oxygen atoms in total. The molecule has 0 unspecified atom stereocenters. The van der Waals surface area contributed by atoms with Gasteiger partial charge in [-0.15, -0.1) is 0 Å². The zero-order valence-electron chi connectivity index (χ0n) is 9.52. The van der Waals surface area contributed by atoms with Gasteiger partial charge in [-0.1, -0.05) is 0 Å². The van der Waals surface area contributed by atoms with Crippen LogP contribution < -0.4 is 5.32 Å². The van der Waals surface area contributed by atoms with Crippen LogP contribution in [0.5, 0.6) is 0 Å². The molecule has 0 atom stereocenters. The predicted octanol–water partition coefficient (Wildman–Crippen LogP) is 1.19. The monoisotopic (exact) mass is 233 g/mol. The molecule has 1 fully saturated rings. The largest absolute Gasteiger partial charge is 0.381 e. The van der Waals surface area contributed by atoms with Crippen molar-refractivity contribution in [3.63, 3.8) is 0 Å². The van der Waals surface area contributed by atoms with Crippen molar-refractivity contribution >= 4 is 17.0 Å². The Bertz CT molecular complexity index is 491. The summed E-state index contributed by atoms with van der Waals surface area (Å²) < 4.78 is 5.34. The van der Waals surface area contributed by atoms with E-state index in [-0.39, 0.29) is 0 Å². The number of ether oxygens (including phenoxy) is 1. The molecule has 1 aliphatic rings. The van der Waals surface area contributed by atoms with Crippen molar-refractivity contribution in [2.75, 3.05) is 25.1 Å². The van der Waals surface area contributed by atoms with Crippen LogP contribution in [0.25, 0.3) is 11.2 Å². The number of fused-ring (bicyclic) bond motifs is 1. The number of aromatic nitrogens is 4. The van der Waals surface area contributed by atoms with Crippen LogP contribution in [-0.2, 0) is 4.74 Å². The lowest BCUT2D eigenvalue weighted by molar-refractivity contribution is 0.0699. The van der Waals surface area contributed by atoms with Crippen molar-refractivity contribution in [3.05, 3.63) is 12.7 Å². The average molecular weight is 233 g/mol. The molecule has 2 N–H and O–H groups in total. The van der Waals surface area contributed by atoms with E-state index in [4.69, 9.17) is 4.74 Å². The molecule has 2 aromatic heterocycles. The van der Waals surface area contributed by atoms with Crippen molar-refractivity contribution in [1.29, 1.82) is 0 Å². The zero-order valence-corrected chi connectivity index (χ0v) is 9.52. The molecular weight excluding hydrogens is 218 g/mol. The van der Waals surface area contributed by atoms with Crippen molar-refractivity contribution in [3.8, 4) is 0 Å². The Balaban J connectivity index is 1.69. The van der Waals surface area contributed by atoms with E-state index in [0.717, 1.165) is 43.9 Å². The molecule has 1 aliphatic heterocycles. The van der Waals surface area contributed by atoms with Gasteiger partial charge in [0, 0.05) is 19.8 Å². The van der Waals surface area contributed by atoms with Crippen molar-refractivity contribution in [1.82, 2.24) is 19.9 Å². The molecule has 90 valence electrons. The second-order valence-corrected chi connectivity index (χ2v) is 4.26. The highest BCUT2D eigenvalue weighted by Gasteiger charge is 2.14. The summed E-state index contributed by atoms with van der Waals surface area (Å²) in [6, 6.07) is 0. The number of nitrogens with zero attached hydrogens (tertiary/aromatic N) is 3. The Hall–Kier alpha value is -1.69. The van der Waals surface area contributed by atoms with Crippen LogP contribution in [-0.4, -0.2) is 39.7 Å². The summed E-state index contributed by atoms with van der Waals surface area (Å²) in [5.74, 6) is 1.50. The summed E-state index contributed by atoms with van der Waals surface area (Å²) >= 11 is 0. The number of hydrogen-bond acceptors (Lipinski definition) is 5. The van der Waals surface area contributed by atoms with E-state index in [2.05, 4.69) is 25.3 Å². The Morgan fingerprint density at radius 2 is 2.18 bits per heavy atom. The smallest absolute Gasteiger partial charge is 0.182 e. The first-order chi connectivity index (χ1) is 8.43. The molecule has 3 rings (SSSR count). The van der Waals surface area contributed by atoms with E-state index >= 15 is 0 Å². The predicted molar refractivity (Wildman–Crippen MR) is 63.7 cm³/mol. The van der Waals surface area contributed by atoms with Crippen molar-refractivity contribution in [2.45, 2.75) is 12.8 Å². The van der Waals surface area contributed by atoms with Crippen LogP contribution >= 0.6 is 0 Å². The molecule has 6 heteroatoms. The number of anilines is 1. The molecule has 3 heterocycles. The Labute approximate surface area is 98.8 Å².